The second-order valence-electron chi connectivity index (χ2n) is 7.64. The molecule has 1 aromatic rings. The molecule has 2 aliphatic rings. The van der Waals surface area contributed by atoms with Crippen LogP contribution >= 0.6 is 0 Å². The number of ether oxygens (including phenoxy) is 3. The van der Waals surface area contributed by atoms with Crippen molar-refractivity contribution in [3.8, 4) is 5.75 Å². The minimum atomic E-state index is -0.744. The lowest BCUT2D eigenvalue weighted by atomic mass is 9.79. The predicted molar refractivity (Wildman–Crippen MR) is 105 cm³/mol. The number of rotatable bonds is 6. The van der Waals surface area contributed by atoms with Gasteiger partial charge in [-0.2, -0.15) is 0 Å². The van der Waals surface area contributed by atoms with Gasteiger partial charge in [0.25, 0.3) is 11.8 Å². The predicted octanol–water partition coefficient (Wildman–Crippen LogP) is 2.46. The minimum Gasteiger partial charge on any atom is -0.484 e. The van der Waals surface area contributed by atoms with Crippen molar-refractivity contribution in [1.29, 1.82) is 0 Å². The number of carbonyl (C=O) groups excluding carboxylic acids is 2. The van der Waals surface area contributed by atoms with E-state index in [1.807, 2.05) is 0 Å². The third-order valence-corrected chi connectivity index (χ3v) is 5.72. The lowest BCUT2D eigenvalue weighted by Gasteiger charge is -2.36. The van der Waals surface area contributed by atoms with Crippen molar-refractivity contribution in [2.75, 3.05) is 45.3 Å². The minimum absolute atomic E-state index is 0.00330. The number of nitrogens with zero attached hydrogens (tertiary/aromatic N) is 1. The van der Waals surface area contributed by atoms with Crippen LogP contribution in [0.2, 0.25) is 0 Å². The lowest BCUT2D eigenvalue weighted by Crippen LogP contribution is -2.47. The Morgan fingerprint density at radius 3 is 2.43 bits per heavy atom. The van der Waals surface area contributed by atoms with Crippen LogP contribution in [0.4, 0.5) is 5.69 Å². The summed E-state index contributed by atoms with van der Waals surface area (Å²) in [5.41, 5.74) is -0.0568. The Balaban J connectivity index is 1.51. The summed E-state index contributed by atoms with van der Waals surface area (Å²) in [5.74, 6) is 1.08. The zero-order valence-corrected chi connectivity index (χ0v) is 16.7. The van der Waals surface area contributed by atoms with Gasteiger partial charge in [-0.1, -0.05) is 6.92 Å². The molecule has 0 bridgehead atoms. The molecule has 2 fully saturated rings. The molecule has 1 aliphatic heterocycles. The van der Waals surface area contributed by atoms with Crippen molar-refractivity contribution in [3.63, 3.8) is 0 Å². The van der Waals surface area contributed by atoms with Crippen molar-refractivity contribution < 1.29 is 23.8 Å². The first-order valence-electron chi connectivity index (χ1n) is 9.97. The highest BCUT2D eigenvalue weighted by molar-refractivity contribution is 5.97. The Morgan fingerprint density at radius 1 is 1.18 bits per heavy atom. The molecular formula is C21H30N2O5. The summed E-state index contributed by atoms with van der Waals surface area (Å²) >= 11 is 0. The van der Waals surface area contributed by atoms with Gasteiger partial charge in [0.05, 0.1) is 13.2 Å². The third-order valence-electron chi connectivity index (χ3n) is 5.72. The van der Waals surface area contributed by atoms with Gasteiger partial charge in [-0.05, 0) is 55.9 Å². The summed E-state index contributed by atoms with van der Waals surface area (Å²) in [6.07, 6.45) is 3.46. The first kappa shape index (κ1) is 20.6. The van der Waals surface area contributed by atoms with E-state index in [2.05, 4.69) is 12.2 Å². The van der Waals surface area contributed by atoms with Crippen LogP contribution in [0.5, 0.6) is 5.75 Å². The zero-order chi connectivity index (χ0) is 20.0. The summed E-state index contributed by atoms with van der Waals surface area (Å²) in [4.78, 5) is 26.6. The summed E-state index contributed by atoms with van der Waals surface area (Å²) in [6.45, 7) is 4.56. The van der Waals surface area contributed by atoms with Crippen molar-refractivity contribution in [2.45, 2.75) is 38.2 Å². The highest BCUT2D eigenvalue weighted by Crippen LogP contribution is 2.35. The van der Waals surface area contributed by atoms with Gasteiger partial charge in [0.2, 0.25) is 0 Å². The second kappa shape index (κ2) is 9.39. The second-order valence-corrected chi connectivity index (χ2v) is 7.64. The van der Waals surface area contributed by atoms with Crippen LogP contribution in [0.3, 0.4) is 0 Å². The number of benzene rings is 1. The number of methoxy groups -OCH3 is 1. The number of hydrogen-bond donors (Lipinski definition) is 1. The van der Waals surface area contributed by atoms with Crippen LogP contribution in [0.1, 0.15) is 32.6 Å². The number of nitrogens with one attached hydrogen (secondary N) is 1. The standard InChI is InChI=1S/C21H30N2O5/c1-16-7-9-21(26-2,10-8-16)20(25)22-17-3-5-18(6-4-17)28-15-19(24)23-11-13-27-14-12-23/h3-6,16H,7-15H2,1-2H3,(H,22,25). The van der Waals surface area contributed by atoms with Gasteiger partial charge in [-0.3, -0.25) is 9.59 Å². The summed E-state index contributed by atoms with van der Waals surface area (Å²) in [7, 11) is 1.61. The molecule has 28 heavy (non-hydrogen) atoms. The Bertz CT molecular complexity index is 662. The van der Waals surface area contributed by atoms with Crippen LogP contribution in [-0.4, -0.2) is 62.3 Å². The molecule has 1 saturated carbocycles. The van der Waals surface area contributed by atoms with Crippen molar-refractivity contribution >= 4 is 17.5 Å². The van der Waals surface area contributed by atoms with Gasteiger partial charge < -0.3 is 24.4 Å². The fourth-order valence-electron chi connectivity index (χ4n) is 3.68. The van der Waals surface area contributed by atoms with E-state index < -0.39 is 5.60 Å². The average molecular weight is 390 g/mol. The van der Waals surface area contributed by atoms with Gasteiger partial charge in [0, 0.05) is 25.9 Å². The number of carbonyl (C=O) groups is 2. The number of anilines is 1. The normalized spacial score (nSPS) is 25.2. The van der Waals surface area contributed by atoms with E-state index in [4.69, 9.17) is 14.2 Å². The molecule has 1 heterocycles. The molecule has 7 heteroatoms. The van der Waals surface area contributed by atoms with Crippen LogP contribution < -0.4 is 10.1 Å². The molecular weight excluding hydrogens is 360 g/mol. The maximum atomic E-state index is 12.8. The lowest BCUT2D eigenvalue weighted by molar-refractivity contribution is -0.142. The van der Waals surface area contributed by atoms with E-state index in [1.54, 1.807) is 36.3 Å². The van der Waals surface area contributed by atoms with Crippen LogP contribution in [0.25, 0.3) is 0 Å². The Hall–Kier alpha value is -2.12. The number of morpholine rings is 1. The van der Waals surface area contributed by atoms with Crippen molar-refractivity contribution in [2.24, 2.45) is 5.92 Å². The Kier molecular flexibility index (Phi) is 6.91. The summed E-state index contributed by atoms with van der Waals surface area (Å²) in [6, 6.07) is 7.07. The Labute approximate surface area is 166 Å². The SMILES string of the molecule is COC1(C(=O)Nc2ccc(OCC(=O)N3CCOCC3)cc2)CCC(C)CC1. The third kappa shape index (κ3) is 5.02. The fraction of sp³-hybridized carbons (Fsp3) is 0.619. The van der Waals surface area contributed by atoms with Crippen LogP contribution in [-0.2, 0) is 19.1 Å². The summed E-state index contributed by atoms with van der Waals surface area (Å²) < 4.78 is 16.4. The number of amides is 2. The Morgan fingerprint density at radius 2 is 1.82 bits per heavy atom. The molecule has 1 aromatic carbocycles. The maximum Gasteiger partial charge on any atom is 0.260 e. The monoisotopic (exact) mass is 390 g/mol. The van der Waals surface area contributed by atoms with Crippen LogP contribution in [0.15, 0.2) is 24.3 Å². The largest absolute Gasteiger partial charge is 0.484 e. The molecule has 1 N–H and O–H groups in total. The molecule has 2 amide bonds. The smallest absolute Gasteiger partial charge is 0.260 e. The maximum absolute atomic E-state index is 12.8. The molecule has 154 valence electrons. The van der Waals surface area contributed by atoms with E-state index in [0.717, 1.165) is 25.7 Å². The van der Waals surface area contributed by atoms with E-state index in [1.165, 1.54) is 0 Å². The van der Waals surface area contributed by atoms with E-state index >= 15 is 0 Å². The topological polar surface area (TPSA) is 77.1 Å². The van der Waals surface area contributed by atoms with Gasteiger partial charge in [-0.25, -0.2) is 0 Å². The van der Waals surface area contributed by atoms with Crippen molar-refractivity contribution in [1.82, 2.24) is 4.90 Å². The van der Waals surface area contributed by atoms with Gasteiger partial charge in [-0.15, -0.1) is 0 Å². The van der Waals surface area contributed by atoms with Gasteiger partial charge in [0.1, 0.15) is 11.4 Å². The molecule has 0 unspecified atom stereocenters. The van der Waals surface area contributed by atoms with E-state index in [-0.39, 0.29) is 18.4 Å². The molecule has 1 saturated heterocycles. The van der Waals surface area contributed by atoms with Gasteiger partial charge >= 0.3 is 0 Å². The highest BCUT2D eigenvalue weighted by atomic mass is 16.5. The molecule has 0 spiro atoms. The highest BCUT2D eigenvalue weighted by Gasteiger charge is 2.41. The van der Waals surface area contributed by atoms with E-state index in [9.17, 15) is 9.59 Å². The van der Waals surface area contributed by atoms with Crippen molar-refractivity contribution in [3.05, 3.63) is 24.3 Å². The molecule has 3 rings (SSSR count). The quantitative estimate of drug-likeness (QED) is 0.807. The molecule has 0 aromatic heterocycles. The molecule has 1 aliphatic carbocycles. The van der Waals surface area contributed by atoms with Gasteiger partial charge in [0.15, 0.2) is 6.61 Å². The van der Waals surface area contributed by atoms with Crippen LogP contribution in [0, 0.1) is 5.92 Å². The summed E-state index contributed by atoms with van der Waals surface area (Å²) in [5, 5.41) is 2.95. The molecule has 0 atom stereocenters. The molecule has 0 radical (unpaired) electrons. The fourth-order valence-corrected chi connectivity index (χ4v) is 3.68. The average Bonchev–Trinajstić information content (AvgIpc) is 2.74. The first-order chi connectivity index (χ1) is 13.5. The van der Waals surface area contributed by atoms with E-state index in [0.29, 0.717) is 43.7 Å². The first-order valence-corrected chi connectivity index (χ1v) is 9.97. The zero-order valence-electron chi connectivity index (χ0n) is 16.7. The molecule has 7 nitrogen and oxygen atoms in total. The number of hydrogen-bond acceptors (Lipinski definition) is 5.